The number of nitrogens with two attached hydrogens (primary N) is 2. The number of hydrazine groups is 2. The van der Waals surface area contributed by atoms with E-state index in [0.29, 0.717) is 59.4 Å². The lowest BCUT2D eigenvalue weighted by Gasteiger charge is -2.22. The van der Waals surface area contributed by atoms with Crippen molar-refractivity contribution in [1.29, 1.82) is 0 Å². The van der Waals surface area contributed by atoms with Crippen molar-refractivity contribution in [2.45, 2.75) is 128 Å². The van der Waals surface area contributed by atoms with Crippen molar-refractivity contribution in [1.82, 2.24) is 10.0 Å². The third kappa shape index (κ3) is 21.9. The van der Waals surface area contributed by atoms with Crippen LogP contribution in [0, 0.1) is 5.92 Å². The lowest BCUT2D eigenvalue weighted by Crippen LogP contribution is -2.42. The molecule has 2 amide bonds. The Morgan fingerprint density at radius 2 is 1.15 bits per heavy atom. The summed E-state index contributed by atoms with van der Waals surface area (Å²) in [6.45, 7) is 4.04. The summed E-state index contributed by atoms with van der Waals surface area (Å²) < 4.78 is 27.5. The second-order valence-corrected chi connectivity index (χ2v) is 12.7. The number of hydrogen-bond donors (Lipinski definition) is 2. The SMILES string of the molecule is NN(CCCCCCCCCCC1CCCC1)C(=O)CCOCCOCCOCCOCCN(N)C(=O)OC1CC/C=C/CCC1. The van der Waals surface area contributed by atoms with Crippen LogP contribution in [0.4, 0.5) is 4.79 Å². The Hall–Kier alpha value is -1.76. The Bertz CT molecular complexity index is 782. The van der Waals surface area contributed by atoms with E-state index in [0.717, 1.165) is 55.9 Å². The zero-order valence-corrected chi connectivity index (χ0v) is 28.7. The molecule has 1 fully saturated rings. The van der Waals surface area contributed by atoms with Crippen LogP contribution in [0.15, 0.2) is 12.2 Å². The normalized spacial score (nSPS) is 17.8. The molecule has 0 aromatic rings. The molecule has 0 saturated heterocycles. The molecule has 0 aliphatic heterocycles. The number of allylic oxidation sites excluding steroid dienone is 2. The number of rotatable bonds is 27. The number of nitrogens with zero attached hydrogens (tertiary/aromatic N) is 2. The van der Waals surface area contributed by atoms with Gasteiger partial charge in [0.2, 0.25) is 5.91 Å². The third-order valence-electron chi connectivity index (χ3n) is 8.83. The van der Waals surface area contributed by atoms with Crippen molar-refractivity contribution in [2.24, 2.45) is 17.6 Å². The highest BCUT2D eigenvalue weighted by atomic mass is 16.6. The van der Waals surface area contributed by atoms with Crippen LogP contribution in [-0.2, 0) is 28.5 Å². The van der Waals surface area contributed by atoms with Crippen molar-refractivity contribution in [3.63, 3.8) is 0 Å². The van der Waals surface area contributed by atoms with Crippen LogP contribution in [0.2, 0.25) is 0 Å². The fourth-order valence-corrected chi connectivity index (χ4v) is 5.97. The second kappa shape index (κ2) is 28.3. The second-order valence-electron chi connectivity index (χ2n) is 12.7. The van der Waals surface area contributed by atoms with E-state index in [1.165, 1.54) is 75.6 Å². The lowest BCUT2D eigenvalue weighted by atomic mass is 9.99. The number of unbranched alkanes of at least 4 members (excludes halogenated alkanes) is 7. The maximum absolute atomic E-state index is 12.2. The molecule has 2 aliphatic carbocycles. The Balaban J connectivity index is 1.26. The molecule has 11 nitrogen and oxygen atoms in total. The summed E-state index contributed by atoms with van der Waals surface area (Å²) in [6.07, 6.45) is 26.0. The summed E-state index contributed by atoms with van der Waals surface area (Å²) in [7, 11) is 0. The van der Waals surface area contributed by atoms with Crippen molar-refractivity contribution >= 4 is 12.0 Å². The summed E-state index contributed by atoms with van der Waals surface area (Å²) in [5.74, 6) is 12.7. The topological polar surface area (TPSA) is 139 Å². The van der Waals surface area contributed by atoms with E-state index >= 15 is 0 Å². The van der Waals surface area contributed by atoms with Gasteiger partial charge in [0.15, 0.2) is 0 Å². The van der Waals surface area contributed by atoms with Gasteiger partial charge in [-0.05, 0) is 44.4 Å². The van der Waals surface area contributed by atoms with Gasteiger partial charge >= 0.3 is 6.09 Å². The van der Waals surface area contributed by atoms with Crippen molar-refractivity contribution < 1.29 is 33.3 Å². The van der Waals surface area contributed by atoms with Crippen LogP contribution in [0.1, 0.15) is 122 Å². The Kier molecular flexibility index (Phi) is 24.8. The monoisotopic (exact) mass is 654 g/mol. The molecule has 0 heterocycles. The van der Waals surface area contributed by atoms with E-state index in [1.807, 2.05) is 0 Å². The highest BCUT2D eigenvalue weighted by Crippen LogP contribution is 2.29. The molecule has 268 valence electrons. The molecule has 0 radical (unpaired) electrons. The van der Waals surface area contributed by atoms with Crippen molar-refractivity contribution in [2.75, 3.05) is 65.9 Å². The van der Waals surface area contributed by atoms with Crippen LogP contribution in [0.25, 0.3) is 0 Å². The minimum absolute atomic E-state index is 0.0814. The molecule has 2 rings (SSSR count). The van der Waals surface area contributed by atoms with Gasteiger partial charge in [0, 0.05) is 6.54 Å². The van der Waals surface area contributed by atoms with Crippen LogP contribution in [0.5, 0.6) is 0 Å². The number of carbonyl (C=O) groups is 2. The van der Waals surface area contributed by atoms with Crippen molar-refractivity contribution in [3.05, 3.63) is 12.2 Å². The minimum atomic E-state index is -0.510. The van der Waals surface area contributed by atoms with Crippen LogP contribution in [-0.4, -0.2) is 94.1 Å². The predicted molar refractivity (Wildman–Crippen MR) is 181 cm³/mol. The average molecular weight is 655 g/mol. The van der Waals surface area contributed by atoms with Gasteiger partial charge in [0.05, 0.1) is 65.8 Å². The third-order valence-corrected chi connectivity index (χ3v) is 8.83. The standard InChI is InChI=1S/C35H66N4O7/c36-38(22-15-9-4-2-1-3-6-10-16-32-17-13-14-18-32)34(40)21-24-42-26-28-44-30-31-45-29-27-43-25-23-39(37)35(41)46-33-19-11-7-5-8-12-20-33/h5,7,32-33H,1-4,6,8-31,36-37H2/b7-5+. The first kappa shape index (κ1) is 40.4. The fourth-order valence-electron chi connectivity index (χ4n) is 5.97. The van der Waals surface area contributed by atoms with E-state index < -0.39 is 6.09 Å². The van der Waals surface area contributed by atoms with E-state index in [9.17, 15) is 9.59 Å². The molecule has 4 N–H and O–H groups in total. The molecule has 46 heavy (non-hydrogen) atoms. The Morgan fingerprint density at radius 1 is 0.587 bits per heavy atom. The Morgan fingerprint density at radius 3 is 1.83 bits per heavy atom. The maximum Gasteiger partial charge on any atom is 0.424 e. The molecule has 11 heteroatoms. The van der Waals surface area contributed by atoms with Gasteiger partial charge in [0.25, 0.3) is 0 Å². The molecule has 0 aromatic heterocycles. The molecule has 0 spiro atoms. The summed E-state index contributed by atoms with van der Waals surface area (Å²) >= 11 is 0. The molecule has 1 saturated carbocycles. The van der Waals surface area contributed by atoms with E-state index in [1.54, 1.807) is 0 Å². The zero-order valence-electron chi connectivity index (χ0n) is 28.7. The molecule has 1 unspecified atom stereocenters. The number of carbonyl (C=O) groups excluding carboxylic acids is 2. The Labute approximate surface area is 278 Å². The van der Waals surface area contributed by atoms with Gasteiger partial charge in [-0.25, -0.2) is 21.5 Å². The van der Waals surface area contributed by atoms with Crippen LogP contribution < -0.4 is 11.7 Å². The first-order valence-corrected chi connectivity index (χ1v) is 18.3. The van der Waals surface area contributed by atoms with Crippen LogP contribution in [0.3, 0.4) is 0 Å². The van der Waals surface area contributed by atoms with Gasteiger partial charge in [-0.15, -0.1) is 0 Å². The first-order chi connectivity index (χ1) is 22.6. The van der Waals surface area contributed by atoms with E-state index in [2.05, 4.69) is 12.2 Å². The predicted octanol–water partition coefficient (Wildman–Crippen LogP) is 6.05. The van der Waals surface area contributed by atoms with E-state index in [4.69, 9.17) is 35.4 Å². The number of ether oxygens (including phenoxy) is 5. The zero-order chi connectivity index (χ0) is 32.9. The smallest absolute Gasteiger partial charge is 0.424 e. The molecule has 0 bridgehead atoms. The quantitative estimate of drug-likeness (QED) is 0.0356. The fraction of sp³-hybridized carbons (Fsp3) is 0.886. The summed E-state index contributed by atoms with van der Waals surface area (Å²) in [5.41, 5.74) is 0. The first-order valence-electron chi connectivity index (χ1n) is 18.3. The lowest BCUT2D eigenvalue weighted by molar-refractivity contribution is -0.132. The average Bonchev–Trinajstić information content (AvgIpc) is 3.56. The van der Waals surface area contributed by atoms with Gasteiger partial charge in [-0.1, -0.05) is 89.2 Å². The van der Waals surface area contributed by atoms with Gasteiger partial charge < -0.3 is 23.7 Å². The molecule has 0 aromatic carbocycles. The number of amides is 2. The summed E-state index contributed by atoms with van der Waals surface area (Å²) in [6, 6.07) is 0. The van der Waals surface area contributed by atoms with Gasteiger partial charge in [0.1, 0.15) is 6.10 Å². The molecular weight excluding hydrogens is 588 g/mol. The largest absolute Gasteiger partial charge is 0.445 e. The van der Waals surface area contributed by atoms with E-state index in [-0.39, 0.29) is 25.0 Å². The van der Waals surface area contributed by atoms with Gasteiger partial charge in [-0.3, -0.25) is 9.80 Å². The number of hydrogen-bond acceptors (Lipinski definition) is 9. The molecule has 1 atom stereocenters. The minimum Gasteiger partial charge on any atom is -0.445 e. The maximum atomic E-state index is 12.2. The summed E-state index contributed by atoms with van der Waals surface area (Å²) in [5, 5.41) is 2.40. The highest BCUT2D eigenvalue weighted by molar-refractivity contribution is 5.75. The summed E-state index contributed by atoms with van der Waals surface area (Å²) in [4.78, 5) is 24.4. The van der Waals surface area contributed by atoms with Crippen molar-refractivity contribution in [3.8, 4) is 0 Å². The highest BCUT2D eigenvalue weighted by Gasteiger charge is 2.18. The van der Waals surface area contributed by atoms with Gasteiger partial charge in [-0.2, -0.15) is 0 Å². The molecule has 2 aliphatic rings. The molecular formula is C35H66N4O7. The van der Waals surface area contributed by atoms with Crippen LogP contribution >= 0.6 is 0 Å².